The summed E-state index contributed by atoms with van der Waals surface area (Å²) in [6.07, 6.45) is 3.39. The second-order valence-corrected chi connectivity index (χ2v) is 10.7. The molecule has 0 radical (unpaired) electrons. The highest BCUT2D eigenvalue weighted by atomic mass is 16.7. The molecule has 2 aromatic carbocycles. The van der Waals surface area contributed by atoms with Crippen molar-refractivity contribution in [1.82, 2.24) is 20.3 Å². The maximum absolute atomic E-state index is 12.8. The molecule has 0 saturated carbocycles. The van der Waals surface area contributed by atoms with Gasteiger partial charge in [-0.05, 0) is 59.9 Å². The van der Waals surface area contributed by atoms with E-state index in [1.807, 2.05) is 24.3 Å². The lowest BCUT2D eigenvalue weighted by atomic mass is 9.92. The average molecular weight is 561 g/mol. The van der Waals surface area contributed by atoms with Gasteiger partial charge in [-0.3, -0.25) is 4.79 Å². The number of nitriles is 1. The molecule has 0 bridgehead atoms. The molecule has 2 saturated heterocycles. The number of carbonyl (C=O) groups is 1. The molecule has 1 aromatic heterocycles. The first-order chi connectivity index (χ1) is 19.9. The maximum atomic E-state index is 12.8. The zero-order valence-corrected chi connectivity index (χ0v) is 23.3. The van der Waals surface area contributed by atoms with Crippen LogP contribution >= 0.6 is 0 Å². The van der Waals surface area contributed by atoms with E-state index in [0.29, 0.717) is 5.69 Å². The van der Waals surface area contributed by atoms with Crippen molar-refractivity contribution in [3.63, 3.8) is 0 Å². The third-order valence-electron chi connectivity index (χ3n) is 7.87. The number of carbonyl (C=O) groups excluding carboxylic acids is 1. The number of nitrogens with one attached hydrogen (secondary N) is 1. The van der Waals surface area contributed by atoms with Crippen molar-refractivity contribution in [1.29, 1.82) is 5.26 Å². The Morgan fingerprint density at radius 3 is 2.68 bits per heavy atom. The van der Waals surface area contributed by atoms with Gasteiger partial charge in [0.15, 0.2) is 6.29 Å². The van der Waals surface area contributed by atoms with Gasteiger partial charge in [-0.25, -0.2) is 4.68 Å². The second kappa shape index (κ2) is 12.8. The number of hydrogen-bond acceptors (Lipinski definition) is 9. The van der Waals surface area contributed by atoms with Crippen LogP contribution in [0.2, 0.25) is 0 Å². The van der Waals surface area contributed by atoms with Gasteiger partial charge in [0.25, 0.3) is 5.91 Å². The van der Waals surface area contributed by atoms with Crippen molar-refractivity contribution in [3.05, 3.63) is 59.4 Å². The number of rotatable bonds is 8. The Labute approximate surface area is 239 Å². The monoisotopic (exact) mass is 560 g/mol. The van der Waals surface area contributed by atoms with Crippen molar-refractivity contribution in [3.8, 4) is 6.07 Å². The number of hydrogen-bond donors (Lipinski definition) is 3. The summed E-state index contributed by atoms with van der Waals surface area (Å²) in [5, 5.41) is 43.3. The number of amides is 1. The van der Waals surface area contributed by atoms with E-state index in [-0.39, 0.29) is 24.6 Å². The largest absolute Gasteiger partial charge is 0.390 e. The van der Waals surface area contributed by atoms with Crippen LogP contribution in [0.3, 0.4) is 0 Å². The predicted molar refractivity (Wildman–Crippen MR) is 152 cm³/mol. The number of aliphatic hydroxyl groups excluding tert-OH is 2. The van der Waals surface area contributed by atoms with Gasteiger partial charge in [0.1, 0.15) is 29.5 Å². The molecule has 11 heteroatoms. The molecule has 3 heterocycles. The number of methoxy groups -OCH3 is 1. The number of aliphatic hydroxyl groups is 2. The summed E-state index contributed by atoms with van der Waals surface area (Å²) in [5.74, 6) is -0.907. The number of nitrogens with zero attached hydrogens (tertiary/aromatic N) is 5. The number of anilines is 1. The van der Waals surface area contributed by atoms with E-state index in [9.17, 15) is 20.3 Å². The van der Waals surface area contributed by atoms with Crippen LogP contribution in [0.4, 0.5) is 5.69 Å². The molecule has 3 N–H and O–H groups in total. The zero-order chi connectivity index (χ0) is 28.9. The lowest BCUT2D eigenvalue weighted by Gasteiger charge is -2.40. The second-order valence-electron chi connectivity index (χ2n) is 10.7. The Balaban J connectivity index is 1.19. The number of fused-ring (bicyclic) bond motifs is 1. The Morgan fingerprint density at radius 1 is 1.17 bits per heavy atom. The smallest absolute Gasteiger partial charge is 0.262 e. The summed E-state index contributed by atoms with van der Waals surface area (Å²) in [6, 6.07) is 14.3. The first-order valence-corrected chi connectivity index (χ1v) is 14.0. The predicted octanol–water partition coefficient (Wildman–Crippen LogP) is 2.37. The molecular weight excluding hydrogens is 524 g/mol. The summed E-state index contributed by atoms with van der Waals surface area (Å²) < 4.78 is 12.5. The van der Waals surface area contributed by atoms with Crippen molar-refractivity contribution in [2.24, 2.45) is 5.92 Å². The fourth-order valence-electron chi connectivity index (χ4n) is 5.45. The Hall–Kier alpha value is -3.82. The van der Waals surface area contributed by atoms with Gasteiger partial charge in [-0.1, -0.05) is 30.3 Å². The minimum atomic E-state index is -1.11. The summed E-state index contributed by atoms with van der Waals surface area (Å²) in [5.41, 5.74) is 2.43. The van der Waals surface area contributed by atoms with Crippen molar-refractivity contribution >= 4 is 28.4 Å². The van der Waals surface area contributed by atoms with E-state index in [0.717, 1.165) is 29.4 Å². The summed E-state index contributed by atoms with van der Waals surface area (Å²) >= 11 is 0. The SMILES string of the molecule is CO[C@H]1O[C@H](Cn2cc(CNC(=O)/C(C#N)=C/c3ccc4cc(N5CCCCC5)ccc4c3)nn2)[C@@H](O)[C@H](O)[C@H]1C. The fourth-order valence-corrected chi connectivity index (χ4v) is 5.45. The Kier molecular flexibility index (Phi) is 8.95. The molecule has 2 aliphatic rings. The Morgan fingerprint density at radius 2 is 1.93 bits per heavy atom. The van der Waals surface area contributed by atoms with Crippen molar-refractivity contribution in [2.75, 3.05) is 25.1 Å². The van der Waals surface area contributed by atoms with Crippen LogP contribution in [-0.4, -0.2) is 75.9 Å². The molecule has 0 aliphatic carbocycles. The van der Waals surface area contributed by atoms with Crippen LogP contribution in [0.5, 0.6) is 0 Å². The molecule has 2 fully saturated rings. The lowest BCUT2D eigenvalue weighted by Crippen LogP contribution is -2.55. The zero-order valence-electron chi connectivity index (χ0n) is 23.3. The molecular formula is C30H36N6O5. The molecule has 0 unspecified atom stereocenters. The van der Waals surface area contributed by atoms with E-state index in [2.05, 4.69) is 38.7 Å². The topological polar surface area (TPSA) is 146 Å². The quantitative estimate of drug-likeness (QED) is 0.279. The van der Waals surface area contributed by atoms with E-state index in [1.54, 1.807) is 19.2 Å². The molecule has 2 aliphatic heterocycles. The highest BCUT2D eigenvalue weighted by Crippen LogP contribution is 2.28. The molecule has 1 amide bonds. The van der Waals surface area contributed by atoms with E-state index in [1.165, 1.54) is 36.7 Å². The van der Waals surface area contributed by atoms with Gasteiger partial charge in [0, 0.05) is 31.8 Å². The first-order valence-electron chi connectivity index (χ1n) is 14.0. The molecule has 11 nitrogen and oxygen atoms in total. The van der Waals surface area contributed by atoms with E-state index >= 15 is 0 Å². The molecule has 0 spiro atoms. The molecule has 3 aromatic rings. The number of ether oxygens (including phenoxy) is 2. The van der Waals surface area contributed by atoms with Crippen molar-refractivity contribution in [2.45, 2.75) is 63.9 Å². The maximum Gasteiger partial charge on any atom is 0.262 e. The lowest BCUT2D eigenvalue weighted by molar-refractivity contribution is -0.272. The summed E-state index contributed by atoms with van der Waals surface area (Å²) in [4.78, 5) is 15.2. The highest BCUT2D eigenvalue weighted by Gasteiger charge is 2.42. The van der Waals surface area contributed by atoms with Gasteiger partial charge in [-0.15, -0.1) is 5.10 Å². The van der Waals surface area contributed by atoms with E-state index in [4.69, 9.17) is 9.47 Å². The van der Waals surface area contributed by atoms with Crippen LogP contribution in [-0.2, 0) is 27.4 Å². The van der Waals surface area contributed by atoms with Crippen LogP contribution in [0.15, 0.2) is 48.2 Å². The Bertz CT molecular complexity index is 1440. The fraction of sp³-hybridized carbons (Fsp3) is 0.467. The van der Waals surface area contributed by atoms with Gasteiger partial charge < -0.3 is 29.9 Å². The average Bonchev–Trinajstić information content (AvgIpc) is 3.46. The van der Waals surface area contributed by atoms with E-state index < -0.39 is 30.5 Å². The minimum Gasteiger partial charge on any atom is -0.390 e. The molecule has 5 atom stereocenters. The number of piperidine rings is 1. The van der Waals surface area contributed by atoms with Gasteiger partial charge in [0.05, 0.1) is 25.4 Å². The molecule has 216 valence electrons. The summed E-state index contributed by atoms with van der Waals surface area (Å²) in [6.45, 7) is 4.10. The normalized spacial score (nSPS) is 25.2. The first kappa shape index (κ1) is 28.7. The molecule has 5 rings (SSSR count). The van der Waals surface area contributed by atoms with Crippen LogP contribution < -0.4 is 10.2 Å². The van der Waals surface area contributed by atoms with Gasteiger partial charge in [-0.2, -0.15) is 5.26 Å². The van der Waals surface area contributed by atoms with Crippen LogP contribution in [0, 0.1) is 17.2 Å². The molecule has 41 heavy (non-hydrogen) atoms. The summed E-state index contributed by atoms with van der Waals surface area (Å²) in [7, 11) is 1.48. The number of benzene rings is 2. The third-order valence-corrected chi connectivity index (χ3v) is 7.87. The van der Waals surface area contributed by atoms with Crippen molar-refractivity contribution < 1.29 is 24.5 Å². The third kappa shape index (κ3) is 6.57. The van der Waals surface area contributed by atoms with Crippen LogP contribution in [0.1, 0.15) is 37.4 Å². The van der Waals surface area contributed by atoms with Gasteiger partial charge in [0.2, 0.25) is 0 Å². The van der Waals surface area contributed by atoms with Gasteiger partial charge >= 0.3 is 0 Å². The minimum absolute atomic E-state index is 0.0193. The standard InChI is InChI=1S/C30H36N6O5/c1-19-27(37)28(38)26(41-30(19)40-2)18-36-17-24(33-34-36)16-32-29(39)23(15-31)13-20-6-7-22-14-25(9-8-21(22)12-20)35-10-4-3-5-11-35/h6-9,12-14,17,19,26-28,30,37-38H,3-5,10-11,16,18H2,1-2H3,(H,32,39)/b23-13+/t19-,26-,27-,28-,30+/m1/s1. The van der Waals surface area contributed by atoms with Crippen LogP contribution in [0.25, 0.3) is 16.8 Å². The highest BCUT2D eigenvalue weighted by molar-refractivity contribution is 6.02. The number of aromatic nitrogens is 3.